The van der Waals surface area contributed by atoms with Gasteiger partial charge in [-0.05, 0) is 37.0 Å². The summed E-state index contributed by atoms with van der Waals surface area (Å²) in [4.78, 5) is 31.5. The Morgan fingerprint density at radius 1 is 1.29 bits per heavy atom. The van der Waals surface area contributed by atoms with Gasteiger partial charge in [0.2, 0.25) is 11.8 Å². The molecule has 1 saturated carbocycles. The van der Waals surface area contributed by atoms with Gasteiger partial charge in [0.15, 0.2) is 0 Å². The molecule has 2 amide bonds. The van der Waals surface area contributed by atoms with Crippen molar-refractivity contribution in [2.24, 2.45) is 11.7 Å². The van der Waals surface area contributed by atoms with Crippen molar-refractivity contribution in [3.05, 3.63) is 46.9 Å². The minimum atomic E-state index is -0.612. The van der Waals surface area contributed by atoms with Gasteiger partial charge >= 0.3 is 0 Å². The molecule has 2 aromatic rings. The van der Waals surface area contributed by atoms with E-state index in [1.807, 2.05) is 0 Å². The van der Waals surface area contributed by atoms with Gasteiger partial charge in [0, 0.05) is 5.56 Å². The standard InChI is InChI=1S/C16H15ClN4O3/c17-11-4-3-10(15(18)22)5-12(11)21-16(23)13-6-20-14(7-19-13)24-8-9-1-2-9/h3-7,9H,1-2,8H2,(H2,18,22)(H,21,23). The molecular formula is C16H15ClN4O3. The lowest BCUT2D eigenvalue weighted by Gasteiger charge is -2.08. The number of aromatic nitrogens is 2. The average Bonchev–Trinajstić information content (AvgIpc) is 3.39. The number of primary amides is 1. The average molecular weight is 347 g/mol. The van der Waals surface area contributed by atoms with Crippen LogP contribution in [0.1, 0.15) is 33.7 Å². The number of nitrogens with two attached hydrogens (primary N) is 1. The molecule has 1 aromatic heterocycles. The van der Waals surface area contributed by atoms with Crippen LogP contribution in [0.3, 0.4) is 0 Å². The van der Waals surface area contributed by atoms with Gasteiger partial charge in [0.1, 0.15) is 5.69 Å². The molecular weight excluding hydrogens is 332 g/mol. The van der Waals surface area contributed by atoms with Crippen LogP contribution in [0, 0.1) is 5.92 Å². The maximum absolute atomic E-state index is 12.2. The number of benzene rings is 1. The molecule has 24 heavy (non-hydrogen) atoms. The molecule has 0 aliphatic heterocycles. The second-order valence-electron chi connectivity index (χ2n) is 5.51. The quantitative estimate of drug-likeness (QED) is 0.834. The van der Waals surface area contributed by atoms with Gasteiger partial charge in [0.05, 0.1) is 29.7 Å². The van der Waals surface area contributed by atoms with Crippen LogP contribution in [-0.4, -0.2) is 28.4 Å². The highest BCUT2D eigenvalue weighted by atomic mass is 35.5. The van der Waals surface area contributed by atoms with E-state index in [4.69, 9.17) is 22.1 Å². The number of carbonyl (C=O) groups is 2. The van der Waals surface area contributed by atoms with Crippen molar-refractivity contribution in [2.45, 2.75) is 12.8 Å². The molecule has 7 nitrogen and oxygen atoms in total. The smallest absolute Gasteiger partial charge is 0.275 e. The highest BCUT2D eigenvalue weighted by Crippen LogP contribution is 2.29. The zero-order chi connectivity index (χ0) is 17.1. The number of halogens is 1. The summed E-state index contributed by atoms with van der Waals surface area (Å²) in [6.45, 7) is 0.621. The summed E-state index contributed by atoms with van der Waals surface area (Å²) in [6, 6.07) is 4.37. The lowest BCUT2D eigenvalue weighted by atomic mass is 10.2. The van der Waals surface area contributed by atoms with E-state index in [1.165, 1.54) is 43.4 Å². The first kappa shape index (κ1) is 16.2. The third-order valence-electron chi connectivity index (χ3n) is 3.52. The highest BCUT2D eigenvalue weighted by molar-refractivity contribution is 6.34. The fourth-order valence-electron chi connectivity index (χ4n) is 1.96. The number of nitrogens with zero attached hydrogens (tertiary/aromatic N) is 2. The minimum absolute atomic E-state index is 0.106. The molecule has 0 radical (unpaired) electrons. The molecule has 0 atom stereocenters. The van der Waals surface area contributed by atoms with Gasteiger partial charge < -0.3 is 15.8 Å². The number of ether oxygens (including phenoxy) is 1. The summed E-state index contributed by atoms with van der Waals surface area (Å²) in [6.07, 6.45) is 5.08. The van der Waals surface area contributed by atoms with Gasteiger partial charge in [-0.3, -0.25) is 9.59 Å². The van der Waals surface area contributed by atoms with Gasteiger partial charge in [-0.2, -0.15) is 0 Å². The SMILES string of the molecule is NC(=O)c1ccc(Cl)c(NC(=O)c2cnc(OCC3CC3)cn2)c1. The van der Waals surface area contributed by atoms with E-state index in [0.717, 1.165) is 0 Å². The van der Waals surface area contributed by atoms with Crippen molar-refractivity contribution in [1.82, 2.24) is 9.97 Å². The van der Waals surface area contributed by atoms with Crippen molar-refractivity contribution in [3.8, 4) is 5.88 Å². The van der Waals surface area contributed by atoms with Crippen LogP contribution in [0.15, 0.2) is 30.6 Å². The Bertz CT molecular complexity index is 775. The predicted molar refractivity (Wildman–Crippen MR) is 88.2 cm³/mol. The minimum Gasteiger partial charge on any atom is -0.476 e. The number of hydrogen-bond acceptors (Lipinski definition) is 5. The normalized spacial score (nSPS) is 13.4. The summed E-state index contributed by atoms with van der Waals surface area (Å²) < 4.78 is 5.47. The van der Waals surface area contributed by atoms with E-state index in [1.54, 1.807) is 0 Å². The van der Waals surface area contributed by atoms with Crippen LogP contribution in [0.2, 0.25) is 5.02 Å². The van der Waals surface area contributed by atoms with Gasteiger partial charge in [-0.15, -0.1) is 0 Å². The molecule has 1 aromatic carbocycles. The number of rotatable bonds is 6. The van der Waals surface area contributed by atoms with Crippen LogP contribution in [0.4, 0.5) is 5.69 Å². The van der Waals surface area contributed by atoms with Gasteiger partial charge in [-0.25, -0.2) is 9.97 Å². The molecule has 1 aliphatic rings. The van der Waals surface area contributed by atoms with E-state index in [9.17, 15) is 9.59 Å². The largest absolute Gasteiger partial charge is 0.476 e. The third kappa shape index (κ3) is 3.99. The molecule has 1 heterocycles. The number of amides is 2. The first-order valence-electron chi connectivity index (χ1n) is 7.38. The summed E-state index contributed by atoms with van der Waals surface area (Å²) in [5.74, 6) is -0.124. The fraction of sp³-hybridized carbons (Fsp3) is 0.250. The van der Waals surface area contributed by atoms with E-state index in [2.05, 4.69) is 15.3 Å². The van der Waals surface area contributed by atoms with Crippen molar-refractivity contribution in [1.29, 1.82) is 0 Å². The number of hydrogen-bond donors (Lipinski definition) is 2. The Morgan fingerprint density at radius 3 is 2.71 bits per heavy atom. The number of nitrogens with one attached hydrogen (secondary N) is 1. The molecule has 0 bridgehead atoms. The van der Waals surface area contributed by atoms with Crippen LogP contribution in [-0.2, 0) is 0 Å². The Kier molecular flexibility index (Phi) is 4.61. The maximum Gasteiger partial charge on any atom is 0.275 e. The second-order valence-corrected chi connectivity index (χ2v) is 5.91. The molecule has 0 spiro atoms. The Labute approximate surface area is 143 Å². The molecule has 1 fully saturated rings. The van der Waals surface area contributed by atoms with Crippen molar-refractivity contribution in [2.75, 3.05) is 11.9 Å². The first-order chi connectivity index (χ1) is 11.5. The topological polar surface area (TPSA) is 107 Å². The van der Waals surface area contributed by atoms with Crippen LogP contribution < -0.4 is 15.8 Å². The maximum atomic E-state index is 12.2. The first-order valence-corrected chi connectivity index (χ1v) is 7.76. The summed E-state index contributed by atoms with van der Waals surface area (Å²) in [5, 5.41) is 2.86. The number of carbonyl (C=O) groups excluding carboxylic acids is 2. The summed E-state index contributed by atoms with van der Waals surface area (Å²) >= 11 is 6.01. The van der Waals surface area contributed by atoms with Crippen LogP contribution in [0.25, 0.3) is 0 Å². The molecule has 8 heteroatoms. The zero-order valence-corrected chi connectivity index (χ0v) is 13.4. The van der Waals surface area contributed by atoms with Crippen LogP contribution in [0.5, 0.6) is 5.88 Å². The summed E-state index contributed by atoms with van der Waals surface area (Å²) in [7, 11) is 0. The molecule has 0 saturated heterocycles. The van der Waals surface area contributed by atoms with Crippen molar-refractivity contribution < 1.29 is 14.3 Å². The Morgan fingerprint density at radius 2 is 2.08 bits per heavy atom. The van der Waals surface area contributed by atoms with E-state index in [0.29, 0.717) is 18.4 Å². The Hall–Kier alpha value is -2.67. The third-order valence-corrected chi connectivity index (χ3v) is 3.85. The van der Waals surface area contributed by atoms with Crippen molar-refractivity contribution >= 4 is 29.1 Å². The lowest BCUT2D eigenvalue weighted by Crippen LogP contribution is -2.16. The van der Waals surface area contributed by atoms with Crippen LogP contribution >= 0.6 is 11.6 Å². The highest BCUT2D eigenvalue weighted by Gasteiger charge is 2.22. The van der Waals surface area contributed by atoms with Crippen molar-refractivity contribution in [3.63, 3.8) is 0 Å². The lowest BCUT2D eigenvalue weighted by molar-refractivity contribution is 0.0995. The van der Waals surface area contributed by atoms with Gasteiger partial charge in [-0.1, -0.05) is 11.6 Å². The zero-order valence-electron chi connectivity index (χ0n) is 12.7. The van der Waals surface area contributed by atoms with E-state index < -0.39 is 11.8 Å². The fourth-order valence-corrected chi connectivity index (χ4v) is 2.12. The Balaban J connectivity index is 1.67. The summed E-state index contributed by atoms with van der Waals surface area (Å²) in [5.41, 5.74) is 5.83. The number of anilines is 1. The predicted octanol–water partition coefficient (Wildman–Crippen LogP) is 2.27. The monoisotopic (exact) mass is 346 g/mol. The molecule has 3 rings (SSSR count). The van der Waals surface area contributed by atoms with E-state index in [-0.39, 0.29) is 22.0 Å². The van der Waals surface area contributed by atoms with E-state index >= 15 is 0 Å². The van der Waals surface area contributed by atoms with Gasteiger partial charge in [0.25, 0.3) is 5.91 Å². The second kappa shape index (κ2) is 6.84. The molecule has 124 valence electrons. The molecule has 3 N–H and O–H groups in total. The molecule has 1 aliphatic carbocycles. The molecule has 0 unspecified atom stereocenters.